The number of phenols is 1. The van der Waals surface area contributed by atoms with E-state index in [0.717, 1.165) is 19.3 Å². The molecule has 1 fully saturated rings. The highest BCUT2D eigenvalue weighted by Gasteiger charge is 2.45. The molecule has 0 bridgehead atoms. The van der Waals surface area contributed by atoms with Crippen LogP contribution in [0, 0.1) is 5.92 Å². The molecule has 2 aliphatic carbocycles. The van der Waals surface area contributed by atoms with Gasteiger partial charge in [0, 0.05) is 17.8 Å². The summed E-state index contributed by atoms with van der Waals surface area (Å²) in [6, 6.07) is 5.80. The van der Waals surface area contributed by atoms with Gasteiger partial charge in [-0.05, 0) is 42.5 Å². The first-order valence-corrected chi connectivity index (χ1v) is 8.14. The minimum Gasteiger partial charge on any atom is -0.508 e. The Bertz CT molecular complexity index is 600. The molecule has 0 aliphatic heterocycles. The van der Waals surface area contributed by atoms with Gasteiger partial charge in [-0.3, -0.25) is 4.79 Å². The lowest BCUT2D eigenvalue weighted by atomic mass is 9.57. The Morgan fingerprint density at radius 3 is 2.95 bits per heavy atom. The van der Waals surface area contributed by atoms with Gasteiger partial charge in [0.2, 0.25) is 0 Å². The second kappa shape index (κ2) is 5.32. The van der Waals surface area contributed by atoms with Crippen molar-refractivity contribution in [2.24, 2.45) is 5.92 Å². The maximum atomic E-state index is 12.2. The van der Waals surface area contributed by atoms with E-state index in [1.54, 1.807) is 6.07 Å². The van der Waals surface area contributed by atoms with E-state index < -0.39 is 0 Å². The third-order valence-electron chi connectivity index (χ3n) is 5.40. The van der Waals surface area contributed by atoms with Crippen molar-refractivity contribution in [3.05, 3.63) is 41.0 Å². The number of carbonyl (C=O) groups excluding carboxylic acids is 1. The molecule has 2 aliphatic rings. The average Bonchev–Trinajstić information content (AvgIpc) is 2.48. The van der Waals surface area contributed by atoms with Gasteiger partial charge in [0.1, 0.15) is 11.5 Å². The van der Waals surface area contributed by atoms with Crippen LogP contribution in [0.15, 0.2) is 29.8 Å². The van der Waals surface area contributed by atoms with Gasteiger partial charge in [0.05, 0.1) is 0 Å². The summed E-state index contributed by atoms with van der Waals surface area (Å²) in [6.45, 7) is 4.29. The van der Waals surface area contributed by atoms with Gasteiger partial charge in [-0.15, -0.1) is 0 Å². The molecule has 0 aromatic heterocycles. The van der Waals surface area contributed by atoms with Crippen molar-refractivity contribution in [3.8, 4) is 5.75 Å². The molecule has 112 valence electrons. The summed E-state index contributed by atoms with van der Waals surface area (Å²) in [5.74, 6) is 0.782. The monoisotopic (exact) mass is 284 g/mol. The van der Waals surface area contributed by atoms with E-state index in [-0.39, 0.29) is 11.3 Å². The Balaban J connectivity index is 2.12. The number of unbranched alkanes of at least 4 members (excludes halogenated alkanes) is 1. The first kappa shape index (κ1) is 14.4. The molecule has 0 saturated heterocycles. The summed E-state index contributed by atoms with van der Waals surface area (Å²) in [6.07, 6.45) is 8.18. The highest BCUT2D eigenvalue weighted by Crippen LogP contribution is 2.51. The van der Waals surface area contributed by atoms with Gasteiger partial charge in [0.25, 0.3) is 0 Å². The number of ketones is 1. The van der Waals surface area contributed by atoms with Crippen LogP contribution in [-0.4, -0.2) is 10.9 Å². The van der Waals surface area contributed by atoms with E-state index in [1.165, 1.54) is 29.5 Å². The number of rotatable bonds is 3. The van der Waals surface area contributed by atoms with Crippen LogP contribution >= 0.6 is 0 Å². The molecule has 0 radical (unpaired) electrons. The van der Waals surface area contributed by atoms with Crippen LogP contribution in [0.2, 0.25) is 0 Å². The summed E-state index contributed by atoms with van der Waals surface area (Å²) in [4.78, 5) is 12.2. The topological polar surface area (TPSA) is 37.3 Å². The number of phenolic OH excluding ortho intramolecular Hbond substituents is 1. The molecular weight excluding hydrogens is 260 g/mol. The first-order chi connectivity index (χ1) is 10.1. The van der Waals surface area contributed by atoms with Crippen LogP contribution in [0.1, 0.15) is 57.1 Å². The van der Waals surface area contributed by atoms with E-state index in [2.05, 4.69) is 26.0 Å². The molecule has 1 aromatic rings. The molecular formula is C19H24O2. The van der Waals surface area contributed by atoms with E-state index in [9.17, 15) is 9.90 Å². The third kappa shape index (κ3) is 2.21. The summed E-state index contributed by atoms with van der Waals surface area (Å²) < 4.78 is 0. The SMILES string of the molecule is CCCCC12CCC(=O)C(C)C1=CCc1cc(O)ccc12. The van der Waals surface area contributed by atoms with Gasteiger partial charge in [0.15, 0.2) is 0 Å². The van der Waals surface area contributed by atoms with Crippen LogP contribution in [-0.2, 0) is 16.6 Å². The molecule has 2 nitrogen and oxygen atoms in total. The van der Waals surface area contributed by atoms with Crippen LogP contribution in [0.5, 0.6) is 5.75 Å². The Morgan fingerprint density at radius 2 is 2.19 bits per heavy atom. The smallest absolute Gasteiger partial charge is 0.139 e. The number of benzene rings is 1. The van der Waals surface area contributed by atoms with Gasteiger partial charge in [-0.2, -0.15) is 0 Å². The largest absolute Gasteiger partial charge is 0.508 e. The minimum absolute atomic E-state index is 0.0324. The fourth-order valence-corrected chi connectivity index (χ4v) is 4.27. The molecule has 0 spiro atoms. The van der Waals surface area contributed by atoms with Gasteiger partial charge < -0.3 is 5.11 Å². The lowest BCUT2D eigenvalue weighted by molar-refractivity contribution is -0.123. The highest BCUT2D eigenvalue weighted by molar-refractivity contribution is 5.86. The predicted octanol–water partition coefficient (Wildman–Crippen LogP) is 4.30. The van der Waals surface area contributed by atoms with E-state index in [0.29, 0.717) is 18.0 Å². The van der Waals surface area contributed by atoms with Crippen LogP contribution in [0.3, 0.4) is 0 Å². The summed E-state index contributed by atoms with van der Waals surface area (Å²) >= 11 is 0. The number of hydrogen-bond acceptors (Lipinski definition) is 2. The Morgan fingerprint density at radius 1 is 1.38 bits per heavy atom. The number of hydrogen-bond donors (Lipinski definition) is 1. The number of fused-ring (bicyclic) bond motifs is 3. The lowest BCUT2D eigenvalue weighted by Crippen LogP contribution is -2.41. The van der Waals surface area contributed by atoms with Crippen molar-refractivity contribution in [3.63, 3.8) is 0 Å². The molecule has 3 rings (SSSR count). The number of aromatic hydroxyl groups is 1. The molecule has 2 atom stereocenters. The molecule has 2 unspecified atom stereocenters. The Hall–Kier alpha value is -1.57. The van der Waals surface area contributed by atoms with Crippen molar-refractivity contribution in [1.29, 1.82) is 0 Å². The second-order valence-corrected chi connectivity index (χ2v) is 6.58. The van der Waals surface area contributed by atoms with Crippen molar-refractivity contribution in [1.82, 2.24) is 0 Å². The van der Waals surface area contributed by atoms with Crippen molar-refractivity contribution < 1.29 is 9.90 Å². The van der Waals surface area contributed by atoms with Crippen molar-refractivity contribution in [2.75, 3.05) is 0 Å². The van der Waals surface area contributed by atoms with Crippen molar-refractivity contribution >= 4 is 5.78 Å². The van der Waals surface area contributed by atoms with Crippen LogP contribution in [0.4, 0.5) is 0 Å². The summed E-state index contributed by atoms with van der Waals surface area (Å²) in [5.41, 5.74) is 3.96. The number of Topliss-reactive ketones (excluding diaryl/α,β-unsaturated/α-hetero) is 1. The van der Waals surface area contributed by atoms with Crippen LogP contribution in [0.25, 0.3) is 0 Å². The van der Waals surface area contributed by atoms with Gasteiger partial charge in [-0.1, -0.05) is 44.4 Å². The van der Waals surface area contributed by atoms with Crippen LogP contribution < -0.4 is 0 Å². The summed E-state index contributed by atoms with van der Waals surface area (Å²) in [7, 11) is 0. The number of carbonyl (C=O) groups is 1. The molecule has 21 heavy (non-hydrogen) atoms. The highest BCUT2D eigenvalue weighted by atomic mass is 16.3. The molecule has 1 aromatic carbocycles. The molecule has 1 N–H and O–H groups in total. The zero-order valence-corrected chi connectivity index (χ0v) is 13.0. The maximum Gasteiger partial charge on any atom is 0.139 e. The fourth-order valence-electron chi connectivity index (χ4n) is 4.27. The Kier molecular flexibility index (Phi) is 3.64. The zero-order chi connectivity index (χ0) is 15.0. The zero-order valence-electron chi connectivity index (χ0n) is 13.0. The lowest BCUT2D eigenvalue weighted by Gasteiger charge is -2.46. The molecule has 0 heterocycles. The second-order valence-electron chi connectivity index (χ2n) is 6.58. The van der Waals surface area contributed by atoms with Gasteiger partial charge >= 0.3 is 0 Å². The van der Waals surface area contributed by atoms with Gasteiger partial charge in [-0.25, -0.2) is 0 Å². The predicted molar refractivity (Wildman–Crippen MR) is 84.5 cm³/mol. The van der Waals surface area contributed by atoms with E-state index >= 15 is 0 Å². The van der Waals surface area contributed by atoms with Crippen molar-refractivity contribution in [2.45, 2.75) is 57.8 Å². The Labute approximate surface area is 126 Å². The number of allylic oxidation sites excluding steroid dienone is 2. The molecule has 1 saturated carbocycles. The average molecular weight is 284 g/mol. The van der Waals surface area contributed by atoms with E-state index in [1.807, 2.05) is 6.07 Å². The minimum atomic E-state index is 0.0324. The maximum absolute atomic E-state index is 12.2. The molecule has 0 amide bonds. The quantitative estimate of drug-likeness (QED) is 0.840. The van der Waals surface area contributed by atoms with E-state index in [4.69, 9.17) is 0 Å². The molecule has 2 heteroatoms. The fraction of sp³-hybridized carbons (Fsp3) is 0.526. The summed E-state index contributed by atoms with van der Waals surface area (Å²) in [5, 5.41) is 9.76. The third-order valence-corrected chi connectivity index (χ3v) is 5.40. The standard InChI is InChI=1S/C19H24O2/c1-3-4-10-19-11-9-18(21)13(2)16(19)7-5-14-12-15(20)6-8-17(14)19/h6-8,12-13,20H,3-5,9-11H2,1-2H3. The normalized spacial score (nSPS) is 27.8. The first-order valence-electron chi connectivity index (χ1n) is 8.14.